The molecule has 4 N–H and O–H groups in total. The van der Waals surface area contributed by atoms with Crippen molar-refractivity contribution in [1.82, 2.24) is 10.2 Å². The third-order valence-electron chi connectivity index (χ3n) is 5.23. The van der Waals surface area contributed by atoms with Crippen LogP contribution in [-0.4, -0.2) is 93.3 Å². The Kier molecular flexibility index (Phi) is 10.5. The molecule has 2 fully saturated rings. The number of nitrogens with one attached hydrogen (secondary N) is 1. The van der Waals surface area contributed by atoms with E-state index in [1.165, 1.54) is 17.3 Å². The molecule has 0 radical (unpaired) electrons. The van der Waals surface area contributed by atoms with Crippen molar-refractivity contribution in [2.75, 3.05) is 19.8 Å². The summed E-state index contributed by atoms with van der Waals surface area (Å²) < 4.78 is 5.78. The molecule has 164 valence electrons. The van der Waals surface area contributed by atoms with E-state index in [0.717, 1.165) is 13.0 Å². The number of aliphatic hydroxyl groups is 3. The first-order chi connectivity index (χ1) is 12.7. The van der Waals surface area contributed by atoms with E-state index < -0.39 is 41.3 Å². The van der Waals surface area contributed by atoms with Crippen LogP contribution in [0.15, 0.2) is 11.6 Å². The van der Waals surface area contributed by atoms with Gasteiger partial charge in [0, 0.05) is 6.54 Å². The first-order valence-corrected chi connectivity index (χ1v) is 11.0. The van der Waals surface area contributed by atoms with E-state index >= 15 is 0 Å². The number of hydrogen-bond acceptors (Lipinski definition) is 7. The average molecular weight is 459 g/mol. The highest BCUT2D eigenvalue weighted by molar-refractivity contribution is 7.99. The molecule has 0 aromatic carbocycles. The normalized spacial score (nSPS) is 37.4. The second kappa shape index (κ2) is 11.4. The zero-order valence-corrected chi connectivity index (χ0v) is 19.0. The number of nitrogens with zero attached hydrogens (tertiary/aromatic N) is 1. The quantitative estimate of drug-likeness (QED) is 0.343. The second-order valence-corrected chi connectivity index (χ2v) is 8.92. The van der Waals surface area contributed by atoms with E-state index in [2.05, 4.69) is 18.3 Å². The molecule has 2 unspecified atom stereocenters. The summed E-state index contributed by atoms with van der Waals surface area (Å²) in [5, 5.41) is 33.0. The number of allylic oxidation sites excluding steroid dienone is 1. The number of rotatable bonds is 6. The van der Waals surface area contributed by atoms with Gasteiger partial charge in [-0.05, 0) is 33.1 Å². The zero-order valence-electron chi connectivity index (χ0n) is 16.6. The van der Waals surface area contributed by atoms with Gasteiger partial charge in [0.05, 0.1) is 17.5 Å². The molecule has 8 atom stereocenters. The Morgan fingerprint density at radius 1 is 1.39 bits per heavy atom. The minimum absolute atomic E-state index is 0. The summed E-state index contributed by atoms with van der Waals surface area (Å²) >= 11 is 7.53. The Labute approximate surface area is 182 Å². The van der Waals surface area contributed by atoms with Crippen molar-refractivity contribution in [2.24, 2.45) is 0 Å². The molecule has 10 heteroatoms. The molecular formula is C18H32Cl2N2O5S. The maximum atomic E-state index is 12.9. The van der Waals surface area contributed by atoms with Crippen LogP contribution in [0.3, 0.4) is 0 Å². The summed E-state index contributed by atoms with van der Waals surface area (Å²) in [7, 11) is 1.90. The Hall–Kier alpha value is -0.0600. The molecule has 2 saturated heterocycles. The van der Waals surface area contributed by atoms with Gasteiger partial charge in [-0.1, -0.05) is 18.6 Å². The lowest BCUT2D eigenvalue weighted by molar-refractivity contribution is -0.205. The molecule has 0 aromatic heterocycles. The van der Waals surface area contributed by atoms with Gasteiger partial charge in [0.25, 0.3) is 0 Å². The highest BCUT2D eigenvalue weighted by atomic mass is 35.5. The Balaban J connectivity index is 0.00000392. The van der Waals surface area contributed by atoms with Gasteiger partial charge in [0.1, 0.15) is 29.9 Å². The van der Waals surface area contributed by atoms with Crippen molar-refractivity contribution in [3.8, 4) is 0 Å². The predicted molar refractivity (Wildman–Crippen MR) is 114 cm³/mol. The minimum Gasteiger partial charge on any atom is -0.388 e. The number of alkyl halides is 1. The number of ether oxygens (including phenoxy) is 1. The lowest BCUT2D eigenvalue weighted by Crippen LogP contribution is -2.65. The van der Waals surface area contributed by atoms with Crippen LogP contribution in [0.2, 0.25) is 0 Å². The monoisotopic (exact) mass is 458 g/mol. The molecule has 28 heavy (non-hydrogen) atoms. The molecule has 0 aliphatic carbocycles. The van der Waals surface area contributed by atoms with Crippen LogP contribution in [0.25, 0.3) is 0 Å². The van der Waals surface area contributed by atoms with E-state index in [-0.39, 0.29) is 24.4 Å². The topological polar surface area (TPSA) is 102 Å². The summed E-state index contributed by atoms with van der Waals surface area (Å²) in [6.45, 7) is 4.51. The number of carbonyl (C=O) groups excluding carboxylic acids is 1. The van der Waals surface area contributed by atoms with Crippen LogP contribution >= 0.6 is 35.8 Å². The van der Waals surface area contributed by atoms with Crippen molar-refractivity contribution in [1.29, 1.82) is 0 Å². The van der Waals surface area contributed by atoms with E-state index in [0.29, 0.717) is 6.42 Å². The summed E-state index contributed by atoms with van der Waals surface area (Å²) in [5.41, 5.74) is 0.516. The molecule has 2 rings (SSSR count). The summed E-state index contributed by atoms with van der Waals surface area (Å²) in [5.74, 6) is -0.188. The molecule has 2 aliphatic heterocycles. The van der Waals surface area contributed by atoms with Gasteiger partial charge in [-0.25, -0.2) is 0 Å². The zero-order chi connectivity index (χ0) is 20.3. The number of amides is 1. The van der Waals surface area contributed by atoms with Gasteiger partial charge in [-0.2, -0.15) is 0 Å². The van der Waals surface area contributed by atoms with E-state index in [4.69, 9.17) is 16.3 Å². The van der Waals surface area contributed by atoms with Crippen molar-refractivity contribution >= 4 is 41.7 Å². The summed E-state index contributed by atoms with van der Waals surface area (Å²) in [4.78, 5) is 14.9. The Morgan fingerprint density at radius 2 is 2.04 bits per heavy atom. The van der Waals surface area contributed by atoms with Gasteiger partial charge in [0.15, 0.2) is 0 Å². The molecule has 7 nitrogen and oxygen atoms in total. The first-order valence-electron chi connectivity index (χ1n) is 9.26. The van der Waals surface area contributed by atoms with Crippen LogP contribution in [0.5, 0.6) is 0 Å². The lowest BCUT2D eigenvalue weighted by Gasteiger charge is -2.44. The third kappa shape index (κ3) is 5.76. The van der Waals surface area contributed by atoms with E-state index in [1.807, 2.05) is 11.9 Å². The molecular weight excluding hydrogens is 427 g/mol. The second-order valence-electron chi connectivity index (χ2n) is 7.29. The molecule has 0 bridgehead atoms. The first kappa shape index (κ1) is 26.0. The minimum atomic E-state index is -1.37. The van der Waals surface area contributed by atoms with Crippen molar-refractivity contribution in [3.05, 3.63) is 11.6 Å². The molecule has 0 spiro atoms. The largest absolute Gasteiger partial charge is 0.388 e. The fourth-order valence-corrected chi connectivity index (χ4v) is 4.60. The van der Waals surface area contributed by atoms with Crippen molar-refractivity contribution in [3.63, 3.8) is 0 Å². The molecule has 0 saturated carbocycles. The Morgan fingerprint density at radius 3 is 2.57 bits per heavy atom. The van der Waals surface area contributed by atoms with E-state index in [1.54, 1.807) is 13.2 Å². The third-order valence-corrected chi connectivity index (χ3v) is 6.36. The number of carbonyl (C=O) groups is 1. The molecule has 2 aliphatic rings. The van der Waals surface area contributed by atoms with Crippen LogP contribution in [0.1, 0.15) is 26.7 Å². The lowest BCUT2D eigenvalue weighted by atomic mass is 9.93. The number of likely N-dealkylation sites (N-methyl/N-ethyl adjacent to an activating group) is 1. The van der Waals surface area contributed by atoms with Gasteiger partial charge in [0.2, 0.25) is 5.91 Å². The van der Waals surface area contributed by atoms with Crippen molar-refractivity contribution in [2.45, 2.75) is 74.0 Å². The average Bonchev–Trinajstić information content (AvgIpc) is 2.99. The number of hydrogen-bond donors (Lipinski definition) is 4. The van der Waals surface area contributed by atoms with Gasteiger partial charge >= 0.3 is 0 Å². The molecule has 0 aromatic rings. The van der Waals surface area contributed by atoms with Crippen LogP contribution in [0.4, 0.5) is 0 Å². The molecule has 1 amide bonds. The maximum absolute atomic E-state index is 12.9. The predicted octanol–water partition coefficient (Wildman–Crippen LogP) is 0.731. The SMILES string of the molecule is CCC=C1C[C@@H](C(=O)N[C@@H](C2O[C@H](SC)C(O)[C@H](O)[C@H]2O)[C@H](C)Cl)N(C)C1.Cl. The maximum Gasteiger partial charge on any atom is 0.238 e. The molecule has 2 heterocycles. The number of likely N-dealkylation sites (tertiary alicyclic amines) is 1. The van der Waals surface area contributed by atoms with E-state index in [9.17, 15) is 20.1 Å². The standard InChI is InChI=1S/C18H31ClN2O5S.ClH/c1-5-6-10-7-11(21(3)8-10)17(25)20-12(9(2)19)16-14(23)13(22)15(24)18(26-16)27-4;/h6,9,11-16,18,22-24H,5,7-8H2,1-4H3,(H,20,25);1H/t9-,11-,12+,13+,14+,15?,16?,18+;/m0./s1. The van der Waals surface area contributed by atoms with Gasteiger partial charge in [-0.3, -0.25) is 9.69 Å². The summed E-state index contributed by atoms with van der Waals surface area (Å²) in [6.07, 6.45) is 0.601. The fourth-order valence-electron chi connectivity index (χ4n) is 3.71. The Bertz CT molecular complexity index is 552. The van der Waals surface area contributed by atoms with Gasteiger partial charge < -0.3 is 25.4 Å². The van der Waals surface area contributed by atoms with Crippen LogP contribution in [-0.2, 0) is 9.53 Å². The highest BCUT2D eigenvalue weighted by Gasteiger charge is 2.48. The highest BCUT2D eigenvalue weighted by Crippen LogP contribution is 2.30. The smallest absolute Gasteiger partial charge is 0.238 e. The fraction of sp³-hybridized carbons (Fsp3) is 0.833. The number of halogens is 2. The summed E-state index contributed by atoms with van der Waals surface area (Å²) in [6, 6.07) is -1.02. The number of thioether (sulfide) groups is 1. The van der Waals surface area contributed by atoms with Crippen LogP contribution < -0.4 is 5.32 Å². The van der Waals surface area contributed by atoms with Crippen molar-refractivity contribution < 1.29 is 24.9 Å². The van der Waals surface area contributed by atoms with Gasteiger partial charge in [-0.15, -0.1) is 35.8 Å². The van der Waals surface area contributed by atoms with Crippen LogP contribution in [0, 0.1) is 0 Å². The number of aliphatic hydroxyl groups excluding tert-OH is 3.